The topological polar surface area (TPSA) is 81.2 Å². The van der Waals surface area contributed by atoms with E-state index in [0.29, 0.717) is 31.6 Å². The van der Waals surface area contributed by atoms with Crippen molar-refractivity contribution in [3.8, 4) is 0 Å². The number of hydrogen-bond acceptors (Lipinski definition) is 4. The van der Waals surface area contributed by atoms with Crippen LogP contribution in [-0.4, -0.2) is 22.1 Å². The number of H-pyrrole nitrogens is 1. The third kappa shape index (κ3) is 5.94. The van der Waals surface area contributed by atoms with E-state index in [1.54, 1.807) is 11.5 Å². The molecule has 0 spiro atoms. The Kier molecular flexibility index (Phi) is 8.23. The second-order valence-corrected chi connectivity index (χ2v) is 7.20. The Morgan fingerprint density at radius 2 is 1.82 bits per heavy atom. The number of aromatic amines is 1. The lowest BCUT2D eigenvalue weighted by atomic mass is 9.98. The van der Waals surface area contributed by atoms with E-state index in [1.165, 1.54) is 0 Å². The number of ether oxygens (including phenoxy) is 1. The van der Waals surface area contributed by atoms with Crippen LogP contribution in [0.25, 0.3) is 0 Å². The quantitative estimate of drug-likeness (QED) is 0.501. The summed E-state index contributed by atoms with van der Waals surface area (Å²) in [6.45, 7) is 6.63. The normalized spacial score (nSPS) is 11.0. The van der Waals surface area contributed by atoms with Crippen LogP contribution in [0, 0.1) is 0 Å². The fourth-order valence-corrected chi connectivity index (χ4v) is 3.39. The fraction of sp³-hybridized carbons (Fsp3) is 0.500. The second-order valence-electron chi connectivity index (χ2n) is 7.20. The molecule has 1 heterocycles. The number of aromatic nitrogens is 2. The highest BCUT2D eigenvalue weighted by Crippen LogP contribution is 2.18. The van der Waals surface area contributed by atoms with Gasteiger partial charge in [-0.15, -0.1) is 0 Å². The van der Waals surface area contributed by atoms with Crippen molar-refractivity contribution in [2.75, 3.05) is 6.61 Å². The van der Waals surface area contributed by atoms with Gasteiger partial charge < -0.3 is 4.74 Å². The van der Waals surface area contributed by atoms with Crippen LogP contribution in [0.3, 0.4) is 0 Å². The minimum atomic E-state index is -0.370. The molecule has 0 amide bonds. The third-order valence-electron chi connectivity index (χ3n) is 4.71. The van der Waals surface area contributed by atoms with Gasteiger partial charge in [-0.3, -0.25) is 19.1 Å². The zero-order valence-electron chi connectivity index (χ0n) is 17.0. The standard InChI is InChI=1S/C22H30N2O4/c1-4-28-19(25)13-9-6-10-14-24-18(15-17-11-7-5-8-12-17)20(16(2)3)21(26)23-22(24)27/h5,7-8,11-12,16H,4,6,9-10,13-15H2,1-3H3,(H,23,26,27). The molecule has 0 saturated heterocycles. The molecule has 0 aliphatic carbocycles. The monoisotopic (exact) mass is 386 g/mol. The van der Waals surface area contributed by atoms with E-state index in [-0.39, 0.29) is 23.1 Å². The Labute approximate surface area is 165 Å². The number of rotatable bonds is 10. The smallest absolute Gasteiger partial charge is 0.328 e. The lowest BCUT2D eigenvalue weighted by Gasteiger charge is -2.18. The molecule has 6 heteroatoms. The van der Waals surface area contributed by atoms with Crippen molar-refractivity contribution in [2.24, 2.45) is 0 Å². The molecule has 0 atom stereocenters. The maximum Gasteiger partial charge on any atom is 0.328 e. The number of benzene rings is 1. The summed E-state index contributed by atoms with van der Waals surface area (Å²) in [5, 5.41) is 0. The number of carbonyl (C=O) groups is 1. The van der Waals surface area contributed by atoms with Crippen LogP contribution in [0.15, 0.2) is 39.9 Å². The molecule has 2 aromatic rings. The molecule has 2 rings (SSSR count). The zero-order chi connectivity index (χ0) is 20.5. The highest BCUT2D eigenvalue weighted by molar-refractivity contribution is 5.69. The summed E-state index contributed by atoms with van der Waals surface area (Å²) < 4.78 is 6.62. The van der Waals surface area contributed by atoms with E-state index >= 15 is 0 Å². The maximum atomic E-state index is 12.5. The van der Waals surface area contributed by atoms with Gasteiger partial charge in [0, 0.05) is 30.6 Å². The predicted molar refractivity (Wildman–Crippen MR) is 110 cm³/mol. The first kappa shape index (κ1) is 21.7. The largest absolute Gasteiger partial charge is 0.466 e. The Morgan fingerprint density at radius 3 is 2.46 bits per heavy atom. The molecule has 152 valence electrons. The summed E-state index contributed by atoms with van der Waals surface area (Å²) in [5.41, 5.74) is 1.83. The van der Waals surface area contributed by atoms with Crippen LogP contribution in [0.4, 0.5) is 0 Å². The minimum Gasteiger partial charge on any atom is -0.466 e. The molecular formula is C22H30N2O4. The maximum absolute atomic E-state index is 12.5. The van der Waals surface area contributed by atoms with E-state index in [0.717, 1.165) is 30.5 Å². The van der Waals surface area contributed by atoms with Crippen molar-refractivity contribution in [1.29, 1.82) is 0 Å². The fourth-order valence-electron chi connectivity index (χ4n) is 3.39. The van der Waals surface area contributed by atoms with Crippen LogP contribution >= 0.6 is 0 Å². The third-order valence-corrected chi connectivity index (χ3v) is 4.71. The lowest BCUT2D eigenvalue weighted by Crippen LogP contribution is -2.36. The molecule has 0 saturated carbocycles. The molecule has 28 heavy (non-hydrogen) atoms. The number of hydrogen-bond donors (Lipinski definition) is 1. The highest BCUT2D eigenvalue weighted by Gasteiger charge is 2.17. The van der Waals surface area contributed by atoms with Crippen molar-refractivity contribution in [2.45, 2.75) is 65.3 Å². The van der Waals surface area contributed by atoms with E-state index in [9.17, 15) is 14.4 Å². The Hall–Kier alpha value is -2.63. The summed E-state index contributed by atoms with van der Waals surface area (Å²) >= 11 is 0. The Morgan fingerprint density at radius 1 is 1.11 bits per heavy atom. The first-order valence-electron chi connectivity index (χ1n) is 9.99. The lowest BCUT2D eigenvalue weighted by molar-refractivity contribution is -0.143. The van der Waals surface area contributed by atoms with Crippen LogP contribution in [0.2, 0.25) is 0 Å². The van der Waals surface area contributed by atoms with Gasteiger partial charge in [0.1, 0.15) is 0 Å². The Bertz CT molecular complexity index is 882. The first-order chi connectivity index (χ1) is 13.4. The minimum absolute atomic E-state index is 0.0122. The van der Waals surface area contributed by atoms with Crippen molar-refractivity contribution in [3.05, 3.63) is 68.0 Å². The number of esters is 1. The molecule has 0 aliphatic rings. The van der Waals surface area contributed by atoms with Crippen molar-refractivity contribution < 1.29 is 9.53 Å². The van der Waals surface area contributed by atoms with E-state index < -0.39 is 0 Å². The van der Waals surface area contributed by atoms with Gasteiger partial charge in [-0.2, -0.15) is 0 Å². The molecule has 0 fully saturated rings. The van der Waals surface area contributed by atoms with Crippen LogP contribution in [0.5, 0.6) is 0 Å². The summed E-state index contributed by atoms with van der Waals surface area (Å²) in [4.78, 5) is 38.8. The summed E-state index contributed by atoms with van der Waals surface area (Å²) in [6.07, 6.45) is 3.22. The number of unbranched alkanes of at least 4 members (excludes halogenated alkanes) is 2. The number of nitrogens with zero attached hydrogens (tertiary/aromatic N) is 1. The molecule has 0 bridgehead atoms. The van der Waals surface area contributed by atoms with E-state index in [4.69, 9.17) is 4.74 Å². The summed E-state index contributed by atoms with van der Waals surface area (Å²) in [5.74, 6) is -0.173. The Balaban J connectivity index is 2.20. The SMILES string of the molecule is CCOC(=O)CCCCCn1c(Cc2ccccc2)c(C(C)C)c(=O)[nH]c1=O. The van der Waals surface area contributed by atoms with Gasteiger partial charge in [0.2, 0.25) is 0 Å². The molecule has 0 unspecified atom stereocenters. The highest BCUT2D eigenvalue weighted by atomic mass is 16.5. The predicted octanol–water partition coefficient (Wildman–Crippen LogP) is 3.37. The second kappa shape index (κ2) is 10.6. The van der Waals surface area contributed by atoms with Crippen molar-refractivity contribution in [1.82, 2.24) is 9.55 Å². The summed E-state index contributed by atoms with van der Waals surface area (Å²) in [6, 6.07) is 9.85. The molecular weight excluding hydrogens is 356 g/mol. The molecule has 0 radical (unpaired) electrons. The van der Waals surface area contributed by atoms with Gasteiger partial charge in [-0.05, 0) is 31.2 Å². The van der Waals surface area contributed by atoms with Crippen molar-refractivity contribution in [3.63, 3.8) is 0 Å². The van der Waals surface area contributed by atoms with Gasteiger partial charge in [0.05, 0.1) is 6.61 Å². The molecule has 1 aromatic heterocycles. The van der Waals surface area contributed by atoms with Gasteiger partial charge in [-0.25, -0.2) is 4.79 Å². The average Bonchev–Trinajstić information content (AvgIpc) is 2.64. The van der Waals surface area contributed by atoms with Crippen LogP contribution in [-0.2, 0) is 22.5 Å². The van der Waals surface area contributed by atoms with Gasteiger partial charge in [-0.1, -0.05) is 50.6 Å². The molecule has 1 N–H and O–H groups in total. The van der Waals surface area contributed by atoms with Gasteiger partial charge in [0.15, 0.2) is 0 Å². The average molecular weight is 386 g/mol. The summed E-state index contributed by atoms with van der Waals surface area (Å²) in [7, 11) is 0. The molecule has 0 aliphatic heterocycles. The van der Waals surface area contributed by atoms with Gasteiger partial charge in [0.25, 0.3) is 5.56 Å². The van der Waals surface area contributed by atoms with Crippen LogP contribution in [0.1, 0.15) is 69.2 Å². The number of nitrogens with one attached hydrogen (secondary N) is 1. The number of carbonyl (C=O) groups excluding carboxylic acids is 1. The first-order valence-corrected chi connectivity index (χ1v) is 9.99. The zero-order valence-corrected chi connectivity index (χ0v) is 17.0. The molecule has 6 nitrogen and oxygen atoms in total. The van der Waals surface area contributed by atoms with Gasteiger partial charge >= 0.3 is 11.7 Å². The van der Waals surface area contributed by atoms with Crippen LogP contribution < -0.4 is 11.2 Å². The van der Waals surface area contributed by atoms with E-state index in [2.05, 4.69) is 4.98 Å². The van der Waals surface area contributed by atoms with Crippen molar-refractivity contribution >= 4 is 5.97 Å². The van der Waals surface area contributed by atoms with E-state index in [1.807, 2.05) is 44.2 Å². The molecule has 1 aromatic carbocycles.